The molecule has 0 spiro atoms. The molecular formula is C13H16N2OS. The van der Waals surface area contributed by atoms with Crippen LogP contribution in [-0.4, -0.2) is 7.11 Å². The number of hydrazine groups is 1. The highest BCUT2D eigenvalue weighted by Crippen LogP contribution is 2.27. The molecule has 3 nitrogen and oxygen atoms in total. The number of thiophene rings is 1. The third-order valence-corrected chi connectivity index (χ3v) is 3.50. The predicted octanol–water partition coefficient (Wildman–Crippen LogP) is 2.62. The van der Waals surface area contributed by atoms with E-state index in [9.17, 15) is 0 Å². The number of methoxy groups -OCH3 is 1. The van der Waals surface area contributed by atoms with E-state index in [4.69, 9.17) is 10.6 Å². The topological polar surface area (TPSA) is 47.3 Å². The molecule has 1 atom stereocenters. The lowest BCUT2D eigenvalue weighted by Gasteiger charge is -2.16. The molecule has 1 unspecified atom stereocenters. The lowest BCUT2D eigenvalue weighted by Crippen LogP contribution is -2.28. The van der Waals surface area contributed by atoms with Crippen LogP contribution in [0.3, 0.4) is 0 Å². The second-order valence-corrected chi connectivity index (χ2v) is 4.67. The smallest absolute Gasteiger partial charge is 0.121 e. The van der Waals surface area contributed by atoms with Crippen molar-refractivity contribution in [2.24, 2.45) is 5.84 Å². The number of benzene rings is 1. The fourth-order valence-electron chi connectivity index (χ4n) is 1.91. The van der Waals surface area contributed by atoms with Crippen molar-refractivity contribution in [3.8, 4) is 5.75 Å². The van der Waals surface area contributed by atoms with E-state index in [0.29, 0.717) is 0 Å². The molecule has 0 radical (unpaired) electrons. The van der Waals surface area contributed by atoms with Gasteiger partial charge in [-0.25, -0.2) is 5.43 Å². The summed E-state index contributed by atoms with van der Waals surface area (Å²) in [6.45, 7) is 2.03. The molecule has 0 saturated heterocycles. The van der Waals surface area contributed by atoms with Crippen LogP contribution in [0.25, 0.3) is 0 Å². The van der Waals surface area contributed by atoms with Gasteiger partial charge in [-0.15, -0.1) is 0 Å². The predicted molar refractivity (Wildman–Crippen MR) is 71.2 cm³/mol. The maximum absolute atomic E-state index is 5.64. The molecule has 1 aromatic heterocycles. The van der Waals surface area contributed by atoms with Crippen molar-refractivity contribution >= 4 is 11.3 Å². The third-order valence-electron chi connectivity index (χ3n) is 2.80. The number of nitrogens with one attached hydrogen (secondary N) is 1. The van der Waals surface area contributed by atoms with E-state index in [1.54, 1.807) is 18.4 Å². The lowest BCUT2D eigenvalue weighted by atomic mass is 10.00. The van der Waals surface area contributed by atoms with Crippen molar-refractivity contribution in [1.82, 2.24) is 5.43 Å². The van der Waals surface area contributed by atoms with E-state index in [2.05, 4.69) is 28.3 Å². The van der Waals surface area contributed by atoms with E-state index in [0.717, 1.165) is 16.9 Å². The van der Waals surface area contributed by atoms with Gasteiger partial charge in [-0.05, 0) is 46.5 Å². The average molecular weight is 248 g/mol. The maximum atomic E-state index is 5.64. The zero-order chi connectivity index (χ0) is 12.3. The Hall–Kier alpha value is -1.36. The summed E-state index contributed by atoms with van der Waals surface area (Å²) in [7, 11) is 1.68. The van der Waals surface area contributed by atoms with E-state index >= 15 is 0 Å². The summed E-state index contributed by atoms with van der Waals surface area (Å²) in [5, 5.41) is 4.15. The van der Waals surface area contributed by atoms with Gasteiger partial charge in [0, 0.05) is 0 Å². The Morgan fingerprint density at radius 3 is 2.65 bits per heavy atom. The summed E-state index contributed by atoms with van der Waals surface area (Å²) < 4.78 is 5.25. The van der Waals surface area contributed by atoms with Crippen LogP contribution >= 0.6 is 11.3 Å². The Morgan fingerprint density at radius 2 is 2.12 bits per heavy atom. The SMILES string of the molecule is COc1ccc(C(NN)c2ccsc2)cc1C. The highest BCUT2D eigenvalue weighted by molar-refractivity contribution is 7.08. The Morgan fingerprint density at radius 1 is 1.29 bits per heavy atom. The number of rotatable bonds is 4. The van der Waals surface area contributed by atoms with Crippen molar-refractivity contribution < 1.29 is 4.74 Å². The van der Waals surface area contributed by atoms with Crippen molar-refractivity contribution in [2.75, 3.05) is 7.11 Å². The summed E-state index contributed by atoms with van der Waals surface area (Å²) >= 11 is 1.67. The summed E-state index contributed by atoms with van der Waals surface area (Å²) in [6.07, 6.45) is 0. The Bertz CT molecular complexity index is 482. The van der Waals surface area contributed by atoms with Crippen LogP contribution in [0.2, 0.25) is 0 Å². The van der Waals surface area contributed by atoms with Crippen molar-refractivity contribution in [1.29, 1.82) is 0 Å². The van der Waals surface area contributed by atoms with Crippen molar-refractivity contribution in [3.05, 3.63) is 51.7 Å². The van der Waals surface area contributed by atoms with Crippen LogP contribution in [0.4, 0.5) is 0 Å². The van der Waals surface area contributed by atoms with E-state index in [1.165, 1.54) is 5.56 Å². The van der Waals surface area contributed by atoms with Gasteiger partial charge in [-0.1, -0.05) is 12.1 Å². The average Bonchev–Trinajstić information content (AvgIpc) is 2.84. The Kier molecular flexibility index (Phi) is 3.78. The van der Waals surface area contributed by atoms with Crippen LogP contribution in [-0.2, 0) is 0 Å². The highest BCUT2D eigenvalue weighted by atomic mass is 32.1. The van der Waals surface area contributed by atoms with Crippen LogP contribution < -0.4 is 16.0 Å². The first-order chi connectivity index (χ1) is 8.26. The summed E-state index contributed by atoms with van der Waals surface area (Å²) in [6, 6.07) is 8.22. The molecule has 90 valence electrons. The number of hydrogen-bond donors (Lipinski definition) is 2. The summed E-state index contributed by atoms with van der Waals surface area (Å²) in [5.74, 6) is 6.54. The molecular weight excluding hydrogens is 232 g/mol. The number of aryl methyl sites for hydroxylation is 1. The second kappa shape index (κ2) is 5.31. The van der Waals surface area contributed by atoms with Crippen LogP contribution in [0.5, 0.6) is 5.75 Å². The van der Waals surface area contributed by atoms with Gasteiger partial charge in [0.1, 0.15) is 5.75 Å². The van der Waals surface area contributed by atoms with Gasteiger partial charge >= 0.3 is 0 Å². The quantitative estimate of drug-likeness (QED) is 0.646. The molecule has 2 rings (SSSR count). The zero-order valence-corrected chi connectivity index (χ0v) is 10.8. The van der Waals surface area contributed by atoms with Gasteiger partial charge < -0.3 is 4.74 Å². The normalized spacial score (nSPS) is 12.4. The molecule has 0 aliphatic heterocycles. The number of ether oxygens (including phenoxy) is 1. The first-order valence-corrected chi connectivity index (χ1v) is 6.33. The minimum Gasteiger partial charge on any atom is -0.496 e. The molecule has 17 heavy (non-hydrogen) atoms. The largest absolute Gasteiger partial charge is 0.496 e. The molecule has 0 fully saturated rings. The molecule has 4 heteroatoms. The second-order valence-electron chi connectivity index (χ2n) is 3.89. The monoisotopic (exact) mass is 248 g/mol. The highest BCUT2D eigenvalue weighted by Gasteiger charge is 2.13. The first-order valence-electron chi connectivity index (χ1n) is 5.39. The first kappa shape index (κ1) is 12.1. The zero-order valence-electron chi connectivity index (χ0n) is 9.94. The number of nitrogens with two attached hydrogens (primary N) is 1. The molecule has 0 aliphatic rings. The lowest BCUT2D eigenvalue weighted by molar-refractivity contribution is 0.411. The van der Waals surface area contributed by atoms with E-state index in [1.807, 2.05) is 19.1 Å². The maximum Gasteiger partial charge on any atom is 0.121 e. The molecule has 1 aromatic carbocycles. The fourth-order valence-corrected chi connectivity index (χ4v) is 2.59. The Labute approximate surface area is 105 Å². The van der Waals surface area contributed by atoms with Crippen LogP contribution in [0.15, 0.2) is 35.0 Å². The Balaban J connectivity index is 2.35. The molecule has 1 heterocycles. The van der Waals surface area contributed by atoms with Crippen LogP contribution in [0.1, 0.15) is 22.7 Å². The minimum absolute atomic E-state index is 0.0332. The molecule has 0 aliphatic carbocycles. The van der Waals surface area contributed by atoms with Gasteiger partial charge in [-0.3, -0.25) is 5.84 Å². The van der Waals surface area contributed by atoms with Crippen molar-refractivity contribution in [3.63, 3.8) is 0 Å². The van der Waals surface area contributed by atoms with Crippen molar-refractivity contribution in [2.45, 2.75) is 13.0 Å². The van der Waals surface area contributed by atoms with Gasteiger partial charge in [0.15, 0.2) is 0 Å². The molecule has 0 amide bonds. The number of hydrogen-bond acceptors (Lipinski definition) is 4. The molecule has 0 saturated carbocycles. The van der Waals surface area contributed by atoms with Gasteiger partial charge in [-0.2, -0.15) is 11.3 Å². The molecule has 0 bridgehead atoms. The van der Waals surface area contributed by atoms with E-state index in [-0.39, 0.29) is 6.04 Å². The van der Waals surface area contributed by atoms with Gasteiger partial charge in [0.2, 0.25) is 0 Å². The standard InChI is InChI=1S/C13H16N2OS/c1-9-7-10(3-4-12(9)16-2)13(15-14)11-5-6-17-8-11/h3-8,13,15H,14H2,1-2H3. The van der Waals surface area contributed by atoms with Gasteiger partial charge in [0.25, 0.3) is 0 Å². The minimum atomic E-state index is 0.0332. The molecule has 2 aromatic rings. The summed E-state index contributed by atoms with van der Waals surface area (Å²) in [4.78, 5) is 0. The van der Waals surface area contributed by atoms with E-state index < -0.39 is 0 Å². The summed E-state index contributed by atoms with van der Waals surface area (Å²) in [5.41, 5.74) is 6.29. The fraction of sp³-hybridized carbons (Fsp3) is 0.231. The van der Waals surface area contributed by atoms with Crippen LogP contribution in [0, 0.1) is 6.92 Å². The third kappa shape index (κ3) is 2.49. The van der Waals surface area contributed by atoms with Gasteiger partial charge in [0.05, 0.1) is 13.2 Å². The molecule has 3 N–H and O–H groups in total.